The molecule has 1 N–H and O–H groups in total. The SMILES string of the molecule is O=C(CC1=CC2=CCC2N1)N1CCc2c(cccc2Oc2ccc(C(F)(F)F)cc2)C1.[HH]. The van der Waals surface area contributed by atoms with Gasteiger partial charge in [-0.15, -0.1) is 0 Å². The van der Waals surface area contributed by atoms with Crippen LogP contribution in [0.25, 0.3) is 0 Å². The minimum atomic E-state index is -4.37. The number of nitrogens with zero attached hydrogens (tertiary/aromatic N) is 1. The van der Waals surface area contributed by atoms with Gasteiger partial charge in [0.05, 0.1) is 18.0 Å². The van der Waals surface area contributed by atoms with Gasteiger partial charge in [-0.2, -0.15) is 13.2 Å². The first-order valence-electron chi connectivity index (χ1n) is 10.3. The molecule has 4 nitrogen and oxygen atoms in total. The van der Waals surface area contributed by atoms with E-state index < -0.39 is 11.7 Å². The lowest BCUT2D eigenvalue weighted by atomic mass is 9.95. The Labute approximate surface area is 179 Å². The quantitative estimate of drug-likeness (QED) is 0.728. The summed E-state index contributed by atoms with van der Waals surface area (Å²) in [7, 11) is 0. The lowest BCUT2D eigenvalue weighted by Crippen LogP contribution is -2.37. The van der Waals surface area contributed by atoms with Crippen LogP contribution in [0, 0.1) is 0 Å². The Morgan fingerprint density at radius 2 is 2.00 bits per heavy atom. The maximum absolute atomic E-state index is 12.8. The maximum atomic E-state index is 12.8. The lowest BCUT2D eigenvalue weighted by molar-refractivity contribution is -0.137. The van der Waals surface area contributed by atoms with Gasteiger partial charge in [0, 0.05) is 25.8 Å². The summed E-state index contributed by atoms with van der Waals surface area (Å²) < 4.78 is 44.2. The summed E-state index contributed by atoms with van der Waals surface area (Å²) >= 11 is 0. The molecule has 0 saturated carbocycles. The molecule has 0 saturated heterocycles. The molecule has 0 radical (unpaired) electrons. The summed E-state index contributed by atoms with van der Waals surface area (Å²) in [6, 6.07) is 10.7. The third-order valence-corrected chi connectivity index (χ3v) is 6.02. The van der Waals surface area contributed by atoms with Crippen molar-refractivity contribution in [3.63, 3.8) is 0 Å². The number of hydrogen-bond donors (Lipinski definition) is 1. The summed E-state index contributed by atoms with van der Waals surface area (Å²) in [5.41, 5.74) is 3.54. The number of carbonyl (C=O) groups is 1. The Bertz CT molecular complexity index is 1090. The minimum Gasteiger partial charge on any atom is -0.457 e. The molecule has 2 aliphatic heterocycles. The van der Waals surface area contributed by atoms with Gasteiger partial charge < -0.3 is 15.0 Å². The molecule has 0 bridgehead atoms. The fourth-order valence-corrected chi connectivity index (χ4v) is 4.24. The van der Waals surface area contributed by atoms with Crippen LogP contribution >= 0.6 is 0 Å². The highest BCUT2D eigenvalue weighted by molar-refractivity contribution is 5.79. The van der Waals surface area contributed by atoms with Crippen LogP contribution in [0.1, 0.15) is 31.0 Å². The van der Waals surface area contributed by atoms with E-state index in [4.69, 9.17) is 4.74 Å². The van der Waals surface area contributed by atoms with Gasteiger partial charge in [0.25, 0.3) is 0 Å². The minimum absolute atomic E-state index is 0. The molecule has 2 aromatic carbocycles. The zero-order valence-electron chi connectivity index (χ0n) is 16.7. The fourth-order valence-electron chi connectivity index (χ4n) is 4.24. The zero-order valence-corrected chi connectivity index (χ0v) is 16.7. The van der Waals surface area contributed by atoms with Gasteiger partial charge in [0.15, 0.2) is 0 Å². The number of rotatable bonds is 4. The molecule has 3 aliphatic rings. The molecule has 1 amide bonds. The zero-order chi connectivity index (χ0) is 21.6. The van der Waals surface area contributed by atoms with Crippen LogP contribution in [-0.4, -0.2) is 23.4 Å². The van der Waals surface area contributed by atoms with Gasteiger partial charge in [-0.25, -0.2) is 0 Å². The molecule has 0 fully saturated rings. The van der Waals surface area contributed by atoms with E-state index in [1.165, 1.54) is 17.7 Å². The Hall–Kier alpha value is -3.22. The second-order valence-corrected chi connectivity index (χ2v) is 8.07. The van der Waals surface area contributed by atoms with E-state index in [-0.39, 0.29) is 7.33 Å². The highest BCUT2D eigenvalue weighted by Crippen LogP contribution is 2.35. The third-order valence-electron chi connectivity index (χ3n) is 6.02. The Morgan fingerprint density at radius 3 is 2.65 bits per heavy atom. The van der Waals surface area contributed by atoms with Crippen LogP contribution in [0.4, 0.5) is 13.2 Å². The first-order chi connectivity index (χ1) is 14.9. The van der Waals surface area contributed by atoms with Crippen LogP contribution < -0.4 is 10.1 Å². The van der Waals surface area contributed by atoms with E-state index in [1.807, 2.05) is 23.1 Å². The highest BCUT2D eigenvalue weighted by Gasteiger charge is 2.31. The number of hydrogen-bond acceptors (Lipinski definition) is 3. The van der Waals surface area contributed by atoms with E-state index in [1.54, 1.807) is 0 Å². The standard InChI is InChI=1S/C24H21F3N2O2.H2/c25-24(26,27)17-5-7-19(8-6-17)31-22-3-1-2-16-14-29(11-10-20(16)22)23(30)13-18-12-15-4-9-21(15)28-18;/h1-8,12,21,28H,9-11,13-14H2;1H. The van der Waals surface area contributed by atoms with Crippen LogP contribution in [-0.2, 0) is 23.9 Å². The van der Waals surface area contributed by atoms with Crippen LogP contribution in [0.2, 0.25) is 0 Å². The molecule has 1 atom stereocenters. The van der Waals surface area contributed by atoms with Gasteiger partial charge in [0.1, 0.15) is 11.5 Å². The molecular weight excluding hydrogens is 405 g/mol. The largest absolute Gasteiger partial charge is 0.457 e. The number of benzene rings is 2. The maximum Gasteiger partial charge on any atom is 0.416 e. The second-order valence-electron chi connectivity index (χ2n) is 8.07. The summed E-state index contributed by atoms with van der Waals surface area (Å²) in [4.78, 5) is 14.6. The summed E-state index contributed by atoms with van der Waals surface area (Å²) in [6.07, 6.45) is 1.89. The van der Waals surface area contributed by atoms with Crippen molar-refractivity contribution < 1.29 is 24.1 Å². The van der Waals surface area contributed by atoms with Gasteiger partial charge >= 0.3 is 6.18 Å². The first-order valence-corrected chi connectivity index (χ1v) is 10.3. The Balaban J connectivity index is 0.00000245. The van der Waals surface area contributed by atoms with Crippen molar-refractivity contribution in [1.82, 2.24) is 10.2 Å². The molecular formula is C24H23F3N2O2. The van der Waals surface area contributed by atoms with E-state index >= 15 is 0 Å². The van der Waals surface area contributed by atoms with Gasteiger partial charge in [-0.1, -0.05) is 18.2 Å². The smallest absolute Gasteiger partial charge is 0.416 e. The number of ether oxygens (including phenoxy) is 1. The van der Waals surface area contributed by atoms with Crippen molar-refractivity contribution in [2.24, 2.45) is 0 Å². The lowest BCUT2D eigenvalue weighted by Gasteiger charge is -2.30. The molecule has 2 aromatic rings. The number of halogens is 3. The molecule has 1 aliphatic carbocycles. The van der Waals surface area contributed by atoms with Crippen molar-refractivity contribution >= 4 is 5.91 Å². The second kappa shape index (κ2) is 7.48. The van der Waals surface area contributed by atoms with Crippen LogP contribution in [0.15, 0.2) is 65.9 Å². The fraction of sp³-hybridized carbons (Fsp3) is 0.292. The van der Waals surface area contributed by atoms with Gasteiger partial charge in [-0.3, -0.25) is 4.79 Å². The van der Waals surface area contributed by atoms with Crippen molar-refractivity contribution in [2.75, 3.05) is 6.54 Å². The summed E-state index contributed by atoms with van der Waals surface area (Å²) in [6.45, 7) is 1.08. The average Bonchev–Trinajstić information content (AvgIpc) is 3.01. The molecule has 2 heterocycles. The number of fused-ring (bicyclic) bond motifs is 2. The van der Waals surface area contributed by atoms with E-state index in [9.17, 15) is 18.0 Å². The molecule has 0 aromatic heterocycles. The van der Waals surface area contributed by atoms with Crippen LogP contribution in [0.3, 0.4) is 0 Å². The van der Waals surface area contributed by atoms with Crippen molar-refractivity contribution in [2.45, 2.75) is 38.0 Å². The molecule has 5 rings (SSSR count). The predicted octanol–water partition coefficient (Wildman–Crippen LogP) is 5.20. The molecule has 1 unspecified atom stereocenters. The van der Waals surface area contributed by atoms with Crippen molar-refractivity contribution in [3.05, 3.63) is 82.6 Å². The predicted molar refractivity (Wildman–Crippen MR) is 112 cm³/mol. The van der Waals surface area contributed by atoms with Gasteiger partial charge in [-0.05, 0) is 60.4 Å². The molecule has 31 heavy (non-hydrogen) atoms. The third kappa shape index (κ3) is 3.92. The topological polar surface area (TPSA) is 41.6 Å². The normalized spacial score (nSPS) is 19.5. The van der Waals surface area contributed by atoms with Crippen LogP contribution in [0.5, 0.6) is 11.5 Å². The Morgan fingerprint density at radius 1 is 1.19 bits per heavy atom. The molecule has 162 valence electrons. The highest BCUT2D eigenvalue weighted by atomic mass is 19.4. The van der Waals surface area contributed by atoms with E-state index in [0.29, 0.717) is 43.5 Å². The van der Waals surface area contributed by atoms with Crippen molar-refractivity contribution in [1.29, 1.82) is 0 Å². The Kier molecular flexibility index (Phi) is 4.76. The first kappa shape index (κ1) is 19.7. The number of carbonyl (C=O) groups excluding carboxylic acids is 1. The number of alkyl halides is 3. The monoisotopic (exact) mass is 428 g/mol. The number of nitrogens with one attached hydrogen (secondary N) is 1. The summed E-state index contributed by atoms with van der Waals surface area (Å²) in [5.74, 6) is 1.05. The van der Waals surface area contributed by atoms with E-state index in [2.05, 4.69) is 17.5 Å². The van der Waals surface area contributed by atoms with E-state index in [0.717, 1.165) is 35.4 Å². The molecule has 0 spiro atoms. The number of amides is 1. The van der Waals surface area contributed by atoms with Gasteiger partial charge in [0.2, 0.25) is 5.91 Å². The summed E-state index contributed by atoms with van der Waals surface area (Å²) in [5, 5.41) is 3.38. The molecule has 7 heteroatoms. The van der Waals surface area contributed by atoms with Crippen molar-refractivity contribution in [3.8, 4) is 11.5 Å². The average molecular weight is 428 g/mol.